The lowest BCUT2D eigenvalue weighted by Gasteiger charge is -2.16. The maximum Gasteiger partial charge on any atom is 0.181 e. The molecular weight excluding hydrogens is 212 g/mol. The number of ketones is 1. The molecule has 0 aliphatic heterocycles. The van der Waals surface area contributed by atoms with Gasteiger partial charge in [0.25, 0.3) is 0 Å². The molecule has 2 rings (SSSR count). The summed E-state index contributed by atoms with van der Waals surface area (Å²) in [6, 6.07) is 18.9. The average Bonchev–Trinajstić information content (AvgIpc) is 2.38. The van der Waals surface area contributed by atoms with Crippen LogP contribution in [0.2, 0.25) is 0 Å². The van der Waals surface area contributed by atoms with Gasteiger partial charge in [0.1, 0.15) is 5.75 Å². The number of Topliss-reactive ketones (excluding diaryl/α,β-unsaturated/α-hetero) is 1. The number of benzene rings is 2. The summed E-state index contributed by atoms with van der Waals surface area (Å²) in [4.78, 5) is 11.6. The Labute approximate surface area is 101 Å². The van der Waals surface area contributed by atoms with Crippen LogP contribution in [0.5, 0.6) is 5.75 Å². The second-order valence-corrected chi connectivity index (χ2v) is 3.83. The molecule has 0 heterocycles. The van der Waals surface area contributed by atoms with Crippen molar-refractivity contribution in [3.8, 4) is 5.75 Å². The Morgan fingerprint density at radius 2 is 1.47 bits per heavy atom. The van der Waals surface area contributed by atoms with Crippen LogP contribution in [0.4, 0.5) is 0 Å². The zero-order valence-electron chi connectivity index (χ0n) is 9.67. The Kier molecular flexibility index (Phi) is 3.55. The van der Waals surface area contributed by atoms with Gasteiger partial charge in [-0.1, -0.05) is 48.5 Å². The Balaban J connectivity index is 2.23. The number of hydrogen-bond acceptors (Lipinski definition) is 2. The van der Waals surface area contributed by atoms with Gasteiger partial charge in [-0.15, -0.1) is 0 Å². The number of para-hydroxylation sites is 1. The molecule has 0 unspecified atom stereocenters. The van der Waals surface area contributed by atoms with Crippen LogP contribution in [-0.2, 0) is 4.79 Å². The summed E-state index contributed by atoms with van der Waals surface area (Å²) in [5.74, 6) is 0.705. The van der Waals surface area contributed by atoms with E-state index in [9.17, 15) is 4.79 Å². The maximum absolute atomic E-state index is 11.6. The first kappa shape index (κ1) is 11.4. The molecule has 86 valence electrons. The van der Waals surface area contributed by atoms with Gasteiger partial charge >= 0.3 is 0 Å². The molecule has 0 fully saturated rings. The molecular formula is C15H14O2. The molecule has 0 aliphatic rings. The van der Waals surface area contributed by atoms with Crippen LogP contribution in [0.25, 0.3) is 0 Å². The molecule has 0 saturated heterocycles. The maximum atomic E-state index is 11.6. The Morgan fingerprint density at radius 1 is 0.941 bits per heavy atom. The van der Waals surface area contributed by atoms with E-state index in [4.69, 9.17) is 4.74 Å². The second-order valence-electron chi connectivity index (χ2n) is 3.83. The molecule has 0 aliphatic carbocycles. The van der Waals surface area contributed by atoms with E-state index >= 15 is 0 Å². The van der Waals surface area contributed by atoms with Crippen LogP contribution in [0.1, 0.15) is 18.6 Å². The van der Waals surface area contributed by atoms with E-state index in [1.54, 1.807) is 6.92 Å². The summed E-state index contributed by atoms with van der Waals surface area (Å²) in [6.45, 7) is 1.54. The molecule has 2 heteroatoms. The summed E-state index contributed by atoms with van der Waals surface area (Å²) in [5, 5.41) is 0. The molecule has 0 saturated carbocycles. The van der Waals surface area contributed by atoms with Crippen molar-refractivity contribution in [3.63, 3.8) is 0 Å². The molecule has 0 aromatic heterocycles. The van der Waals surface area contributed by atoms with Gasteiger partial charge < -0.3 is 4.74 Å². The predicted octanol–water partition coefficient (Wildman–Crippen LogP) is 3.40. The normalized spacial score (nSPS) is 11.8. The average molecular weight is 226 g/mol. The number of carbonyl (C=O) groups excluding carboxylic acids is 1. The largest absolute Gasteiger partial charge is 0.478 e. The van der Waals surface area contributed by atoms with Crippen LogP contribution >= 0.6 is 0 Å². The molecule has 1 atom stereocenters. The number of carbonyl (C=O) groups is 1. The van der Waals surface area contributed by atoms with Crippen LogP contribution in [0.15, 0.2) is 60.7 Å². The number of hydrogen-bond donors (Lipinski definition) is 0. The van der Waals surface area contributed by atoms with Crippen molar-refractivity contribution in [1.29, 1.82) is 0 Å². The molecule has 0 N–H and O–H groups in total. The van der Waals surface area contributed by atoms with E-state index in [0.717, 1.165) is 5.56 Å². The van der Waals surface area contributed by atoms with Gasteiger partial charge in [0.15, 0.2) is 11.9 Å². The third kappa shape index (κ3) is 2.94. The van der Waals surface area contributed by atoms with E-state index < -0.39 is 6.10 Å². The minimum Gasteiger partial charge on any atom is -0.478 e. The van der Waals surface area contributed by atoms with Crippen molar-refractivity contribution in [2.45, 2.75) is 13.0 Å². The smallest absolute Gasteiger partial charge is 0.181 e. The van der Waals surface area contributed by atoms with E-state index in [0.29, 0.717) is 5.75 Å². The predicted molar refractivity (Wildman–Crippen MR) is 66.9 cm³/mol. The summed E-state index contributed by atoms with van der Waals surface area (Å²) in [5.41, 5.74) is 0.879. The van der Waals surface area contributed by atoms with Gasteiger partial charge in [-0.3, -0.25) is 4.79 Å². The summed E-state index contributed by atoms with van der Waals surface area (Å²) < 4.78 is 5.71. The minimum atomic E-state index is -0.529. The lowest BCUT2D eigenvalue weighted by atomic mass is 10.1. The first-order chi connectivity index (χ1) is 8.27. The van der Waals surface area contributed by atoms with E-state index in [2.05, 4.69) is 0 Å². The summed E-state index contributed by atoms with van der Waals surface area (Å²) >= 11 is 0. The summed E-state index contributed by atoms with van der Waals surface area (Å²) in [6.07, 6.45) is -0.529. The van der Waals surface area contributed by atoms with Gasteiger partial charge in [0, 0.05) is 0 Å². The van der Waals surface area contributed by atoms with Gasteiger partial charge in [-0.2, -0.15) is 0 Å². The van der Waals surface area contributed by atoms with Gasteiger partial charge in [-0.05, 0) is 24.6 Å². The zero-order valence-corrected chi connectivity index (χ0v) is 9.67. The van der Waals surface area contributed by atoms with Crippen LogP contribution in [0, 0.1) is 0 Å². The minimum absolute atomic E-state index is 0.0000491. The molecule has 0 radical (unpaired) electrons. The first-order valence-electron chi connectivity index (χ1n) is 5.54. The third-order valence-corrected chi connectivity index (χ3v) is 2.47. The highest BCUT2D eigenvalue weighted by Crippen LogP contribution is 2.22. The lowest BCUT2D eigenvalue weighted by Crippen LogP contribution is -2.15. The fraction of sp³-hybridized carbons (Fsp3) is 0.133. The summed E-state index contributed by atoms with van der Waals surface area (Å²) in [7, 11) is 0. The molecule has 17 heavy (non-hydrogen) atoms. The topological polar surface area (TPSA) is 26.3 Å². The van der Waals surface area contributed by atoms with Gasteiger partial charge in [0.2, 0.25) is 0 Å². The first-order valence-corrected chi connectivity index (χ1v) is 5.54. The van der Waals surface area contributed by atoms with E-state index in [1.807, 2.05) is 60.7 Å². The highest BCUT2D eigenvalue weighted by atomic mass is 16.5. The van der Waals surface area contributed by atoms with Gasteiger partial charge in [0.05, 0.1) is 0 Å². The quantitative estimate of drug-likeness (QED) is 0.798. The van der Waals surface area contributed by atoms with Crippen LogP contribution in [-0.4, -0.2) is 5.78 Å². The second kappa shape index (κ2) is 5.30. The van der Waals surface area contributed by atoms with E-state index in [-0.39, 0.29) is 5.78 Å². The Bertz CT molecular complexity index is 477. The SMILES string of the molecule is CC(=O)[C@H](Oc1ccccc1)c1ccccc1. The van der Waals surface area contributed by atoms with Crippen molar-refractivity contribution >= 4 is 5.78 Å². The molecule has 2 aromatic carbocycles. The van der Waals surface area contributed by atoms with Crippen molar-refractivity contribution in [2.24, 2.45) is 0 Å². The monoisotopic (exact) mass is 226 g/mol. The zero-order chi connectivity index (χ0) is 12.1. The van der Waals surface area contributed by atoms with Crippen molar-refractivity contribution in [2.75, 3.05) is 0 Å². The number of ether oxygens (including phenoxy) is 1. The van der Waals surface area contributed by atoms with Gasteiger partial charge in [-0.25, -0.2) is 0 Å². The highest BCUT2D eigenvalue weighted by Gasteiger charge is 2.17. The molecule has 0 bridgehead atoms. The van der Waals surface area contributed by atoms with Crippen LogP contribution in [0.3, 0.4) is 0 Å². The highest BCUT2D eigenvalue weighted by molar-refractivity contribution is 5.82. The van der Waals surface area contributed by atoms with Crippen molar-refractivity contribution in [3.05, 3.63) is 66.2 Å². The van der Waals surface area contributed by atoms with E-state index in [1.165, 1.54) is 0 Å². The lowest BCUT2D eigenvalue weighted by molar-refractivity contribution is -0.123. The van der Waals surface area contributed by atoms with Crippen molar-refractivity contribution < 1.29 is 9.53 Å². The fourth-order valence-electron chi connectivity index (χ4n) is 1.65. The standard InChI is InChI=1S/C15H14O2/c1-12(16)15(13-8-4-2-5-9-13)17-14-10-6-3-7-11-14/h2-11,15H,1H3/t15-/m0/s1. The Hall–Kier alpha value is -2.09. The van der Waals surface area contributed by atoms with Crippen molar-refractivity contribution in [1.82, 2.24) is 0 Å². The third-order valence-electron chi connectivity index (χ3n) is 2.47. The Morgan fingerprint density at radius 3 is 2.00 bits per heavy atom. The number of rotatable bonds is 4. The molecule has 0 spiro atoms. The molecule has 2 nitrogen and oxygen atoms in total. The molecule has 2 aromatic rings. The van der Waals surface area contributed by atoms with Crippen LogP contribution < -0.4 is 4.74 Å². The fourth-order valence-corrected chi connectivity index (χ4v) is 1.65. The molecule has 0 amide bonds.